The lowest BCUT2D eigenvalue weighted by molar-refractivity contribution is 0.0946. The highest BCUT2D eigenvalue weighted by Crippen LogP contribution is 2.22. The number of hydrogen-bond acceptors (Lipinski definition) is 3. The molecular formula is C19H16N2O2. The van der Waals surface area contributed by atoms with Crippen LogP contribution >= 0.6 is 0 Å². The molecule has 1 aromatic heterocycles. The number of fused-ring (bicyclic) bond motifs is 2. The number of aromatic nitrogens is 1. The third-order valence-corrected chi connectivity index (χ3v) is 4.07. The molecule has 1 aliphatic heterocycles. The predicted octanol–water partition coefficient (Wildman–Crippen LogP) is 3.10. The number of rotatable bonds is 3. The molecule has 0 radical (unpaired) electrons. The normalized spacial score (nSPS) is 13.5. The topological polar surface area (TPSA) is 51.2 Å². The van der Waals surface area contributed by atoms with Gasteiger partial charge in [-0.2, -0.15) is 0 Å². The van der Waals surface area contributed by atoms with Gasteiger partial charge in [0.25, 0.3) is 5.91 Å². The molecule has 0 atom stereocenters. The van der Waals surface area contributed by atoms with E-state index in [1.165, 1.54) is 0 Å². The lowest BCUT2D eigenvalue weighted by Gasteiger charge is -2.17. The summed E-state index contributed by atoms with van der Waals surface area (Å²) in [6.45, 7) is 1.18. The van der Waals surface area contributed by atoms with Crippen molar-refractivity contribution in [2.75, 3.05) is 6.54 Å². The molecule has 23 heavy (non-hydrogen) atoms. The van der Waals surface area contributed by atoms with Crippen molar-refractivity contribution in [2.24, 2.45) is 0 Å². The molecule has 0 spiro atoms. The van der Waals surface area contributed by atoms with Crippen molar-refractivity contribution in [1.29, 1.82) is 0 Å². The van der Waals surface area contributed by atoms with Crippen LogP contribution in [0, 0.1) is 0 Å². The maximum absolute atomic E-state index is 11.7. The Labute approximate surface area is 134 Å². The number of carbonyl (C=O) groups excluding carboxylic acids is 1. The lowest BCUT2D eigenvalue weighted by atomic mass is 10.0. The Balaban J connectivity index is 1.53. The molecule has 114 valence electrons. The van der Waals surface area contributed by atoms with Crippen molar-refractivity contribution in [3.8, 4) is 5.75 Å². The van der Waals surface area contributed by atoms with Gasteiger partial charge in [-0.15, -0.1) is 0 Å². The fourth-order valence-corrected chi connectivity index (χ4v) is 2.88. The van der Waals surface area contributed by atoms with Crippen LogP contribution in [-0.2, 0) is 13.0 Å². The van der Waals surface area contributed by atoms with E-state index in [-0.39, 0.29) is 5.91 Å². The first-order valence-corrected chi connectivity index (χ1v) is 7.67. The second-order valence-corrected chi connectivity index (χ2v) is 5.64. The first-order valence-electron chi connectivity index (χ1n) is 7.67. The fourth-order valence-electron chi connectivity index (χ4n) is 2.88. The number of benzene rings is 2. The third-order valence-electron chi connectivity index (χ3n) is 4.07. The summed E-state index contributed by atoms with van der Waals surface area (Å²) >= 11 is 0. The minimum absolute atomic E-state index is 0.000158. The molecule has 0 unspecified atom stereocenters. The molecule has 0 aliphatic carbocycles. The Morgan fingerprint density at radius 2 is 2.09 bits per heavy atom. The van der Waals surface area contributed by atoms with Crippen molar-refractivity contribution in [1.82, 2.24) is 10.3 Å². The van der Waals surface area contributed by atoms with Crippen LogP contribution in [0.15, 0.2) is 54.7 Å². The Hall–Kier alpha value is -2.88. The molecule has 0 fully saturated rings. The van der Waals surface area contributed by atoms with Crippen LogP contribution in [-0.4, -0.2) is 17.4 Å². The zero-order valence-electron chi connectivity index (χ0n) is 12.6. The van der Waals surface area contributed by atoms with Crippen LogP contribution in [0.3, 0.4) is 0 Å². The first kappa shape index (κ1) is 13.8. The maximum atomic E-state index is 11.7. The minimum atomic E-state index is -0.000158. The van der Waals surface area contributed by atoms with E-state index in [0.717, 1.165) is 39.8 Å². The van der Waals surface area contributed by atoms with Crippen molar-refractivity contribution in [3.63, 3.8) is 0 Å². The molecule has 3 aromatic rings. The van der Waals surface area contributed by atoms with Crippen LogP contribution in [0.4, 0.5) is 0 Å². The van der Waals surface area contributed by atoms with Gasteiger partial charge in [0.15, 0.2) is 0 Å². The van der Waals surface area contributed by atoms with Gasteiger partial charge in [-0.3, -0.25) is 9.78 Å². The molecule has 0 saturated heterocycles. The van der Waals surface area contributed by atoms with E-state index >= 15 is 0 Å². The monoisotopic (exact) mass is 304 g/mol. The Bertz CT molecular complexity index is 889. The molecule has 4 heteroatoms. The fraction of sp³-hybridized carbons (Fsp3) is 0.158. The summed E-state index contributed by atoms with van der Waals surface area (Å²) in [7, 11) is 0. The van der Waals surface area contributed by atoms with E-state index in [4.69, 9.17) is 4.74 Å². The molecule has 4 nitrogen and oxygen atoms in total. The summed E-state index contributed by atoms with van der Waals surface area (Å²) in [6, 6.07) is 15.8. The van der Waals surface area contributed by atoms with Crippen LogP contribution in [0.1, 0.15) is 21.5 Å². The van der Waals surface area contributed by atoms with Crippen molar-refractivity contribution in [2.45, 2.75) is 13.0 Å². The van der Waals surface area contributed by atoms with E-state index in [1.807, 2.05) is 42.5 Å². The van der Waals surface area contributed by atoms with Gasteiger partial charge in [-0.25, -0.2) is 0 Å². The predicted molar refractivity (Wildman–Crippen MR) is 88.6 cm³/mol. The average molecular weight is 304 g/mol. The molecule has 2 heterocycles. The van der Waals surface area contributed by atoms with Gasteiger partial charge in [0.05, 0.1) is 5.52 Å². The molecule has 4 rings (SSSR count). The van der Waals surface area contributed by atoms with E-state index in [0.29, 0.717) is 13.2 Å². The second-order valence-electron chi connectivity index (χ2n) is 5.64. The van der Waals surface area contributed by atoms with Gasteiger partial charge in [-0.1, -0.05) is 12.1 Å². The van der Waals surface area contributed by atoms with Gasteiger partial charge < -0.3 is 10.1 Å². The van der Waals surface area contributed by atoms with Gasteiger partial charge in [-0.05, 0) is 53.9 Å². The zero-order chi connectivity index (χ0) is 15.6. The number of nitrogens with zero attached hydrogens (tertiary/aromatic N) is 1. The van der Waals surface area contributed by atoms with E-state index < -0.39 is 0 Å². The SMILES string of the molecule is O=C1NCCc2cc(OCc3ccc4ncccc4c3)ccc21. The number of amides is 1. The number of carbonyl (C=O) groups is 1. The number of nitrogens with one attached hydrogen (secondary N) is 1. The summed E-state index contributed by atoms with van der Waals surface area (Å²) < 4.78 is 5.89. The number of hydrogen-bond donors (Lipinski definition) is 1. The molecular weight excluding hydrogens is 288 g/mol. The minimum Gasteiger partial charge on any atom is -0.489 e. The van der Waals surface area contributed by atoms with Crippen LogP contribution in [0.5, 0.6) is 5.75 Å². The molecule has 1 N–H and O–H groups in total. The Morgan fingerprint density at radius 1 is 1.13 bits per heavy atom. The summed E-state index contributed by atoms with van der Waals surface area (Å²) in [5.74, 6) is 0.796. The van der Waals surface area contributed by atoms with Crippen molar-refractivity contribution < 1.29 is 9.53 Å². The Morgan fingerprint density at radius 3 is 3.04 bits per heavy atom. The Kier molecular flexibility index (Phi) is 3.42. The standard InChI is InChI=1S/C19H16N2O2/c22-19-17-5-4-16(11-14(17)7-9-21-19)23-12-13-3-6-18-15(10-13)2-1-8-20-18/h1-6,8,10-11H,7,9,12H2,(H,21,22). The lowest BCUT2D eigenvalue weighted by Crippen LogP contribution is -2.31. The van der Waals surface area contributed by atoms with Gasteiger partial charge in [0.2, 0.25) is 0 Å². The van der Waals surface area contributed by atoms with E-state index in [9.17, 15) is 4.79 Å². The third kappa shape index (κ3) is 2.75. The highest BCUT2D eigenvalue weighted by Gasteiger charge is 2.16. The van der Waals surface area contributed by atoms with Gasteiger partial charge in [0, 0.05) is 23.7 Å². The summed E-state index contributed by atoms with van der Waals surface area (Å²) in [4.78, 5) is 16.1. The van der Waals surface area contributed by atoms with E-state index in [1.54, 1.807) is 6.20 Å². The van der Waals surface area contributed by atoms with Crippen molar-refractivity contribution in [3.05, 3.63) is 71.4 Å². The average Bonchev–Trinajstić information content (AvgIpc) is 2.60. The highest BCUT2D eigenvalue weighted by molar-refractivity contribution is 5.96. The summed E-state index contributed by atoms with van der Waals surface area (Å²) in [5.41, 5.74) is 3.88. The zero-order valence-corrected chi connectivity index (χ0v) is 12.6. The quantitative estimate of drug-likeness (QED) is 0.809. The molecule has 1 amide bonds. The molecule has 1 aliphatic rings. The van der Waals surface area contributed by atoms with Crippen LogP contribution in [0.2, 0.25) is 0 Å². The highest BCUT2D eigenvalue weighted by atomic mass is 16.5. The van der Waals surface area contributed by atoms with E-state index in [2.05, 4.69) is 16.4 Å². The van der Waals surface area contributed by atoms with Gasteiger partial charge >= 0.3 is 0 Å². The van der Waals surface area contributed by atoms with Crippen LogP contribution < -0.4 is 10.1 Å². The maximum Gasteiger partial charge on any atom is 0.251 e. The van der Waals surface area contributed by atoms with Crippen molar-refractivity contribution >= 4 is 16.8 Å². The van der Waals surface area contributed by atoms with Gasteiger partial charge in [0.1, 0.15) is 12.4 Å². The first-order chi connectivity index (χ1) is 11.3. The van der Waals surface area contributed by atoms with Crippen LogP contribution in [0.25, 0.3) is 10.9 Å². The molecule has 2 aromatic carbocycles. The number of ether oxygens (including phenoxy) is 1. The molecule has 0 bridgehead atoms. The number of pyridine rings is 1. The molecule has 0 saturated carbocycles. The second kappa shape index (κ2) is 5.72. The summed E-state index contributed by atoms with van der Waals surface area (Å²) in [6.07, 6.45) is 2.64. The smallest absolute Gasteiger partial charge is 0.251 e. The largest absolute Gasteiger partial charge is 0.489 e. The summed E-state index contributed by atoms with van der Waals surface area (Å²) in [5, 5.41) is 3.95.